The van der Waals surface area contributed by atoms with Gasteiger partial charge in [-0.05, 0) is 37.8 Å². The first-order valence-electron chi connectivity index (χ1n) is 18.6. The third kappa shape index (κ3) is 11.3. The molecule has 5 rings (SSSR count). The Bertz CT molecular complexity index is 2200. The Hall–Kier alpha value is -6.14. The molecular formula is C39H46ClF2N11O5. The normalized spacial score (nSPS) is 12.2. The molecule has 0 aliphatic carbocycles. The van der Waals surface area contributed by atoms with Crippen LogP contribution in [0.1, 0.15) is 45.6 Å². The Balaban J connectivity index is 1.29. The number of benzene rings is 2. The largest absolute Gasteiger partial charge is 0.494 e. The van der Waals surface area contributed by atoms with Crippen LogP contribution in [0.4, 0.5) is 20.3 Å². The van der Waals surface area contributed by atoms with E-state index in [2.05, 4.69) is 25.9 Å². The van der Waals surface area contributed by atoms with Crippen LogP contribution >= 0.6 is 11.6 Å². The maximum atomic E-state index is 15.1. The summed E-state index contributed by atoms with van der Waals surface area (Å²) in [5, 5.41) is 21.3. The van der Waals surface area contributed by atoms with Crippen molar-refractivity contribution in [2.75, 3.05) is 31.7 Å². The lowest BCUT2D eigenvalue weighted by molar-refractivity contribution is -0.149. The van der Waals surface area contributed by atoms with Gasteiger partial charge in [0.05, 0.1) is 54.8 Å². The highest BCUT2D eigenvalue weighted by Gasteiger charge is 2.28. The van der Waals surface area contributed by atoms with Crippen LogP contribution in [0.2, 0.25) is 5.02 Å². The molecule has 2 aromatic carbocycles. The van der Waals surface area contributed by atoms with Crippen molar-refractivity contribution in [3.8, 4) is 23.0 Å². The molecule has 3 heterocycles. The van der Waals surface area contributed by atoms with Gasteiger partial charge in [-0.1, -0.05) is 43.6 Å². The first-order chi connectivity index (χ1) is 27.9. The second-order valence-electron chi connectivity index (χ2n) is 13.4. The van der Waals surface area contributed by atoms with Crippen LogP contribution in [0.3, 0.4) is 0 Å². The molecule has 58 heavy (non-hydrogen) atoms. The van der Waals surface area contributed by atoms with E-state index >= 15 is 8.78 Å². The highest BCUT2D eigenvalue weighted by molar-refractivity contribution is 6.33. The van der Waals surface area contributed by atoms with E-state index in [9.17, 15) is 9.59 Å². The van der Waals surface area contributed by atoms with E-state index in [0.717, 1.165) is 12.1 Å². The van der Waals surface area contributed by atoms with Crippen molar-refractivity contribution in [1.29, 1.82) is 5.41 Å². The van der Waals surface area contributed by atoms with Gasteiger partial charge in [0.1, 0.15) is 29.1 Å². The number of fused-ring (bicyclic) bond motifs is 1. The Morgan fingerprint density at radius 1 is 1.05 bits per heavy atom. The van der Waals surface area contributed by atoms with E-state index in [1.165, 1.54) is 17.1 Å². The molecule has 19 heteroatoms. The molecule has 308 valence electrons. The molecule has 2 atom stereocenters. The fourth-order valence-electron chi connectivity index (χ4n) is 5.77. The number of ether oxygens (including phenoxy) is 3. The lowest BCUT2D eigenvalue weighted by atomic mass is 10.0. The topological polar surface area (TPSA) is 230 Å². The molecular weight excluding hydrogens is 776 g/mol. The minimum Gasteiger partial charge on any atom is -0.494 e. The van der Waals surface area contributed by atoms with Crippen molar-refractivity contribution >= 4 is 51.8 Å². The first kappa shape index (κ1) is 43.0. The van der Waals surface area contributed by atoms with Crippen LogP contribution in [-0.2, 0) is 20.9 Å². The van der Waals surface area contributed by atoms with Gasteiger partial charge in [-0.3, -0.25) is 19.9 Å². The van der Waals surface area contributed by atoms with E-state index in [4.69, 9.17) is 52.8 Å². The number of anilines is 2. The van der Waals surface area contributed by atoms with E-state index in [1.807, 2.05) is 0 Å². The van der Waals surface area contributed by atoms with Gasteiger partial charge in [-0.25, -0.2) is 23.5 Å². The average molecular weight is 822 g/mol. The summed E-state index contributed by atoms with van der Waals surface area (Å²) in [5.74, 6) is -2.34. The number of aromatic nitrogens is 5. The number of carbonyl (C=O) groups is 2. The number of nitrogens with two attached hydrogens (primary N) is 2. The first-order valence-corrected chi connectivity index (χ1v) is 19.0. The molecule has 16 nitrogen and oxygen atoms in total. The number of amides is 1. The number of carbonyl (C=O) groups excluding carboxylic acids is 2. The minimum absolute atomic E-state index is 0.0163. The molecule has 5 aromatic rings. The Kier molecular flexibility index (Phi) is 15.1. The number of guanidine groups is 1. The van der Waals surface area contributed by atoms with E-state index < -0.39 is 35.6 Å². The monoisotopic (exact) mass is 821 g/mol. The summed E-state index contributed by atoms with van der Waals surface area (Å²) in [4.78, 5) is 39.0. The summed E-state index contributed by atoms with van der Waals surface area (Å²) < 4.78 is 48.5. The van der Waals surface area contributed by atoms with Crippen LogP contribution in [-0.4, -0.2) is 81.0 Å². The fraction of sp³-hybridized carbons (Fsp3) is 0.359. The number of hydrogen-bond donors (Lipinski definition) is 6. The minimum atomic E-state index is -0.921. The van der Waals surface area contributed by atoms with Gasteiger partial charge in [0.25, 0.3) is 0 Å². The van der Waals surface area contributed by atoms with Crippen molar-refractivity contribution in [2.24, 2.45) is 17.4 Å². The molecule has 0 saturated heterocycles. The second-order valence-corrected chi connectivity index (χ2v) is 13.8. The van der Waals surface area contributed by atoms with Crippen LogP contribution in [0, 0.1) is 23.0 Å². The molecule has 0 fully saturated rings. The summed E-state index contributed by atoms with van der Waals surface area (Å²) in [6.07, 6.45) is 5.57. The third-order valence-corrected chi connectivity index (χ3v) is 9.04. The standard InChI is InChI=1S/C39H46ClF2N11O5/c1-4-56-23-17-27(41)25(28(42)18-23)21-53-31-11-6-5-9-24(31)34(52-53)36-48-20-32(35(51-36)49-30-12-14-46-19-26(30)40)57-15-8-16-58-38(55)33(22(2)3)50-37(54)29(43)10-7-13-47-39(44)45/h5-6,9,11-12,14,17-20,22,29,33H,4,7-8,10,13,15-16,21,43H2,1-3H3,(H,50,54)(H4,44,45,47)(H,46,48,49,51)/t29-,33-/m0/s1. The number of esters is 1. The highest BCUT2D eigenvalue weighted by atomic mass is 35.5. The predicted octanol–water partition coefficient (Wildman–Crippen LogP) is 5.05. The van der Waals surface area contributed by atoms with Gasteiger partial charge in [-0.15, -0.1) is 0 Å². The summed E-state index contributed by atoms with van der Waals surface area (Å²) >= 11 is 6.42. The van der Waals surface area contributed by atoms with Crippen molar-refractivity contribution < 1.29 is 32.6 Å². The van der Waals surface area contributed by atoms with Crippen molar-refractivity contribution in [1.82, 2.24) is 35.4 Å². The van der Waals surface area contributed by atoms with Gasteiger partial charge < -0.3 is 41.6 Å². The van der Waals surface area contributed by atoms with Gasteiger partial charge in [-0.2, -0.15) is 5.10 Å². The fourth-order valence-corrected chi connectivity index (χ4v) is 5.93. The van der Waals surface area contributed by atoms with Crippen molar-refractivity contribution in [3.63, 3.8) is 0 Å². The molecule has 8 N–H and O–H groups in total. The zero-order chi connectivity index (χ0) is 41.8. The second kappa shape index (κ2) is 20.3. The number of para-hydroxylation sites is 1. The molecule has 0 radical (unpaired) electrons. The zero-order valence-corrected chi connectivity index (χ0v) is 33.0. The average Bonchev–Trinajstić information content (AvgIpc) is 3.56. The summed E-state index contributed by atoms with van der Waals surface area (Å²) in [5.41, 5.74) is 12.5. The van der Waals surface area contributed by atoms with E-state index in [-0.39, 0.29) is 73.4 Å². The maximum absolute atomic E-state index is 15.1. The summed E-state index contributed by atoms with van der Waals surface area (Å²) in [7, 11) is 0. The van der Waals surface area contributed by atoms with Crippen molar-refractivity contribution in [3.05, 3.63) is 83.3 Å². The molecule has 0 saturated carbocycles. The summed E-state index contributed by atoms with van der Waals surface area (Å²) in [6.45, 7) is 5.79. The number of nitrogens with zero attached hydrogens (tertiary/aromatic N) is 5. The molecule has 0 aliphatic heterocycles. The maximum Gasteiger partial charge on any atom is 0.328 e. The molecule has 1 amide bonds. The predicted molar refractivity (Wildman–Crippen MR) is 215 cm³/mol. The highest BCUT2D eigenvalue weighted by Crippen LogP contribution is 2.33. The number of nitrogens with one attached hydrogen (secondary N) is 4. The van der Waals surface area contributed by atoms with Gasteiger partial charge in [0, 0.05) is 48.4 Å². The quantitative estimate of drug-likeness (QED) is 0.0262. The molecule has 0 bridgehead atoms. The van der Waals surface area contributed by atoms with Gasteiger partial charge >= 0.3 is 5.97 Å². The lowest BCUT2D eigenvalue weighted by Gasteiger charge is -2.23. The number of halogens is 3. The molecule has 0 aliphatic rings. The Labute approximate surface area is 338 Å². The molecule has 0 unspecified atom stereocenters. The van der Waals surface area contributed by atoms with Gasteiger partial charge in [0.15, 0.2) is 23.4 Å². The van der Waals surface area contributed by atoms with Crippen molar-refractivity contribution in [2.45, 2.75) is 58.7 Å². The van der Waals surface area contributed by atoms with Gasteiger partial charge in [0.2, 0.25) is 5.91 Å². The number of pyridine rings is 1. The smallest absolute Gasteiger partial charge is 0.328 e. The van der Waals surface area contributed by atoms with Crippen LogP contribution in [0.25, 0.3) is 22.4 Å². The Morgan fingerprint density at radius 3 is 2.52 bits per heavy atom. The number of hydrogen-bond acceptors (Lipinski definition) is 12. The number of rotatable bonds is 20. The van der Waals surface area contributed by atoms with E-state index in [0.29, 0.717) is 46.7 Å². The van der Waals surface area contributed by atoms with Crippen LogP contribution in [0.15, 0.2) is 61.1 Å². The molecule has 3 aromatic heterocycles. The van der Waals surface area contributed by atoms with E-state index in [1.54, 1.807) is 57.3 Å². The summed E-state index contributed by atoms with van der Waals surface area (Å²) in [6, 6.07) is 9.34. The molecule has 0 spiro atoms. The lowest BCUT2D eigenvalue weighted by Crippen LogP contribution is -2.51. The SMILES string of the molecule is CCOc1cc(F)c(Cn2nc(-c3ncc(OCCCOC(=O)[C@@H](NC(=O)[C@@H](N)CCCNC(=N)N)C(C)C)c(Nc4ccncc4Cl)n3)c3ccccc32)c(F)c1. The Morgan fingerprint density at radius 2 is 1.81 bits per heavy atom. The zero-order valence-electron chi connectivity index (χ0n) is 32.2. The van der Waals surface area contributed by atoms with Crippen LogP contribution < -0.4 is 36.9 Å². The van der Waals surface area contributed by atoms with Crippen LogP contribution in [0.5, 0.6) is 11.5 Å². The third-order valence-electron chi connectivity index (χ3n) is 8.74.